The lowest BCUT2D eigenvalue weighted by Gasteiger charge is -2.23. The van der Waals surface area contributed by atoms with E-state index in [1.807, 2.05) is 12.2 Å². The van der Waals surface area contributed by atoms with E-state index in [1.165, 1.54) is 205 Å². The van der Waals surface area contributed by atoms with Crippen molar-refractivity contribution < 1.29 is 24.5 Å². The van der Waals surface area contributed by atoms with Gasteiger partial charge in [0.15, 0.2) is 0 Å². The number of aliphatic hydroxyl groups is 2. The number of hydrogen-bond donors (Lipinski definition) is 3. The summed E-state index contributed by atoms with van der Waals surface area (Å²) in [4.78, 5) is 26.1. The molecule has 62 heavy (non-hydrogen) atoms. The van der Waals surface area contributed by atoms with Crippen LogP contribution in [0, 0.1) is 0 Å². The molecule has 1 amide bonds. The minimum atomic E-state index is -0.807. The molecule has 0 spiro atoms. The Balaban J connectivity index is 4.50. The number of amides is 1. The third-order valence-electron chi connectivity index (χ3n) is 12.8. The molecule has 6 heteroatoms. The molecule has 0 saturated carbocycles. The normalized spacial score (nSPS) is 13.3. The maximum Gasteiger partial charge on any atom is 0.306 e. The summed E-state index contributed by atoms with van der Waals surface area (Å²) >= 11 is 0. The number of rotatable bonds is 50. The maximum absolute atomic E-state index is 13.2. The molecule has 0 aliphatic carbocycles. The molecule has 0 heterocycles. The van der Waals surface area contributed by atoms with E-state index in [0.29, 0.717) is 12.8 Å². The van der Waals surface area contributed by atoms with Gasteiger partial charge in [-0.2, -0.15) is 0 Å². The van der Waals surface area contributed by atoms with Gasteiger partial charge in [-0.15, -0.1) is 0 Å². The Bertz CT molecular complexity index is 981. The van der Waals surface area contributed by atoms with Crippen molar-refractivity contribution >= 4 is 11.9 Å². The third kappa shape index (κ3) is 44.9. The van der Waals surface area contributed by atoms with Crippen molar-refractivity contribution in [1.29, 1.82) is 0 Å². The highest BCUT2D eigenvalue weighted by Crippen LogP contribution is 2.17. The van der Waals surface area contributed by atoms with Crippen LogP contribution < -0.4 is 5.32 Å². The van der Waals surface area contributed by atoms with E-state index in [-0.39, 0.29) is 24.9 Å². The number of unbranched alkanes of at least 4 members (excludes halogenated alkanes) is 36. The van der Waals surface area contributed by atoms with E-state index in [4.69, 9.17) is 4.74 Å². The van der Waals surface area contributed by atoms with Crippen LogP contribution in [0.3, 0.4) is 0 Å². The molecule has 3 unspecified atom stereocenters. The van der Waals surface area contributed by atoms with E-state index in [1.54, 1.807) is 0 Å². The van der Waals surface area contributed by atoms with Crippen molar-refractivity contribution in [2.75, 3.05) is 6.61 Å². The van der Waals surface area contributed by atoms with Crippen LogP contribution in [0.15, 0.2) is 24.3 Å². The van der Waals surface area contributed by atoms with Crippen LogP contribution in [0.2, 0.25) is 0 Å². The Kier molecular flexibility index (Phi) is 49.0. The first kappa shape index (κ1) is 60.3. The van der Waals surface area contributed by atoms with E-state index >= 15 is 0 Å². The average Bonchev–Trinajstić information content (AvgIpc) is 3.26. The zero-order valence-corrected chi connectivity index (χ0v) is 41.8. The molecule has 0 saturated heterocycles. The van der Waals surface area contributed by atoms with E-state index in [2.05, 4.69) is 38.2 Å². The van der Waals surface area contributed by atoms with Crippen LogP contribution >= 0.6 is 0 Å². The van der Waals surface area contributed by atoms with Gasteiger partial charge in [0.05, 0.1) is 25.2 Å². The van der Waals surface area contributed by atoms with Gasteiger partial charge < -0.3 is 20.3 Å². The largest absolute Gasteiger partial charge is 0.458 e. The van der Waals surface area contributed by atoms with Crippen molar-refractivity contribution in [2.24, 2.45) is 0 Å². The Labute approximate surface area is 386 Å². The lowest BCUT2D eigenvalue weighted by Crippen LogP contribution is -2.46. The van der Waals surface area contributed by atoms with E-state index < -0.39 is 18.2 Å². The number of hydrogen-bond acceptors (Lipinski definition) is 5. The molecule has 0 aromatic heterocycles. The van der Waals surface area contributed by atoms with Crippen LogP contribution in [0.4, 0.5) is 0 Å². The van der Waals surface area contributed by atoms with Gasteiger partial charge in [-0.1, -0.05) is 270 Å². The van der Waals surface area contributed by atoms with Crippen LogP contribution in [-0.4, -0.2) is 46.9 Å². The molecule has 0 aromatic carbocycles. The molecular weight excluding hydrogens is 767 g/mol. The van der Waals surface area contributed by atoms with Crippen LogP contribution in [0.25, 0.3) is 0 Å². The summed E-state index contributed by atoms with van der Waals surface area (Å²) in [5, 5.41) is 23.8. The molecule has 0 aromatic rings. The molecule has 0 fully saturated rings. The molecule has 0 aliphatic heterocycles. The molecule has 0 rings (SSSR count). The number of nitrogens with one attached hydrogen (secondary N) is 1. The van der Waals surface area contributed by atoms with E-state index in [9.17, 15) is 19.8 Å². The number of carbonyl (C=O) groups excluding carboxylic acids is 2. The fourth-order valence-corrected chi connectivity index (χ4v) is 8.57. The fourth-order valence-electron chi connectivity index (χ4n) is 8.57. The van der Waals surface area contributed by atoms with Gasteiger partial charge in [0, 0.05) is 6.42 Å². The first-order valence-corrected chi connectivity index (χ1v) is 27.6. The summed E-state index contributed by atoms with van der Waals surface area (Å²) in [6, 6.07) is -0.728. The zero-order valence-electron chi connectivity index (χ0n) is 41.8. The van der Waals surface area contributed by atoms with Gasteiger partial charge in [0.2, 0.25) is 5.91 Å². The highest BCUT2D eigenvalue weighted by atomic mass is 16.5. The molecule has 3 N–H and O–H groups in total. The summed E-state index contributed by atoms with van der Waals surface area (Å²) < 4.78 is 5.84. The highest BCUT2D eigenvalue weighted by molar-refractivity contribution is 5.78. The lowest BCUT2D eigenvalue weighted by atomic mass is 10.0. The minimum Gasteiger partial charge on any atom is -0.458 e. The summed E-state index contributed by atoms with van der Waals surface area (Å²) in [5.41, 5.74) is 0. The van der Waals surface area contributed by atoms with Crippen molar-refractivity contribution in [3.8, 4) is 0 Å². The van der Waals surface area contributed by atoms with Crippen molar-refractivity contribution in [3.63, 3.8) is 0 Å². The summed E-state index contributed by atoms with van der Waals surface area (Å²) in [6.45, 7) is 6.48. The second kappa shape index (κ2) is 50.3. The summed E-state index contributed by atoms with van der Waals surface area (Å²) in [7, 11) is 0. The third-order valence-corrected chi connectivity index (χ3v) is 12.8. The molecule has 6 nitrogen and oxygen atoms in total. The first-order valence-electron chi connectivity index (χ1n) is 27.6. The van der Waals surface area contributed by atoms with Crippen LogP contribution in [0.5, 0.6) is 0 Å². The standard InChI is InChI=1S/C56H107NO5/c1-4-7-10-13-16-19-22-24-26-28-30-33-36-39-42-45-48-54(59)53(51-58)57-55(60)50-52(47-44-41-38-35-32-21-18-15-12-9-6-3)62-56(61)49-46-43-40-37-34-31-29-27-25-23-20-17-14-11-8-5-2/h35,38,44,47,52-54,58-59H,4-34,36-37,39-43,45-46,48-51H2,1-3H3,(H,57,60)/b38-35-,47-44+. The quantitative estimate of drug-likeness (QED) is 0.0321. The van der Waals surface area contributed by atoms with Crippen LogP contribution in [-0.2, 0) is 14.3 Å². The van der Waals surface area contributed by atoms with Gasteiger partial charge >= 0.3 is 5.97 Å². The van der Waals surface area contributed by atoms with Crippen molar-refractivity contribution in [1.82, 2.24) is 5.32 Å². The van der Waals surface area contributed by atoms with Gasteiger partial charge in [-0.3, -0.25) is 9.59 Å². The lowest BCUT2D eigenvalue weighted by molar-refractivity contribution is -0.148. The molecular formula is C56H107NO5. The first-order chi connectivity index (χ1) is 30.5. The monoisotopic (exact) mass is 874 g/mol. The number of allylic oxidation sites excluding steroid dienone is 3. The molecule has 0 aliphatic rings. The SMILES string of the molecule is CCCCCCCC/C=C\C/C=C/C(CC(=O)NC(CO)C(O)CCCCCCCCCCCCCCCCCC)OC(=O)CCCCCCCCCCCCCCCCCC. The zero-order chi connectivity index (χ0) is 45.2. The average molecular weight is 874 g/mol. The Morgan fingerprint density at radius 1 is 0.484 bits per heavy atom. The Hall–Kier alpha value is -1.66. The van der Waals surface area contributed by atoms with Gasteiger partial charge in [-0.25, -0.2) is 0 Å². The number of ether oxygens (including phenoxy) is 1. The summed E-state index contributed by atoms with van der Waals surface area (Å²) in [6.07, 6.45) is 58.5. The summed E-state index contributed by atoms with van der Waals surface area (Å²) in [5.74, 6) is -0.586. The topological polar surface area (TPSA) is 95.9 Å². The Morgan fingerprint density at radius 3 is 1.26 bits per heavy atom. The van der Waals surface area contributed by atoms with Gasteiger partial charge in [-0.05, 0) is 38.2 Å². The second-order valence-corrected chi connectivity index (χ2v) is 19.0. The highest BCUT2D eigenvalue weighted by Gasteiger charge is 2.23. The number of aliphatic hydroxyl groups excluding tert-OH is 2. The van der Waals surface area contributed by atoms with Crippen molar-refractivity contribution in [2.45, 2.75) is 315 Å². The number of esters is 1. The minimum absolute atomic E-state index is 0.0229. The van der Waals surface area contributed by atoms with Gasteiger partial charge in [0.25, 0.3) is 0 Å². The molecule has 366 valence electrons. The molecule has 0 radical (unpaired) electrons. The Morgan fingerprint density at radius 2 is 0.855 bits per heavy atom. The predicted molar refractivity (Wildman–Crippen MR) is 269 cm³/mol. The molecule has 0 bridgehead atoms. The predicted octanol–water partition coefficient (Wildman–Crippen LogP) is 16.7. The number of carbonyl (C=O) groups is 2. The van der Waals surface area contributed by atoms with Crippen LogP contribution in [0.1, 0.15) is 297 Å². The maximum atomic E-state index is 13.2. The van der Waals surface area contributed by atoms with Crippen molar-refractivity contribution in [3.05, 3.63) is 24.3 Å². The molecule has 3 atom stereocenters. The second-order valence-electron chi connectivity index (χ2n) is 19.0. The smallest absolute Gasteiger partial charge is 0.306 e. The van der Waals surface area contributed by atoms with E-state index in [0.717, 1.165) is 51.4 Å². The fraction of sp³-hybridized carbons (Fsp3) is 0.893. The van der Waals surface area contributed by atoms with Gasteiger partial charge in [0.1, 0.15) is 6.10 Å².